The van der Waals surface area contributed by atoms with Gasteiger partial charge in [0, 0.05) is 11.1 Å². The minimum absolute atomic E-state index is 0.132. The van der Waals surface area contributed by atoms with Crippen molar-refractivity contribution in [3.63, 3.8) is 0 Å². The van der Waals surface area contributed by atoms with Crippen LogP contribution in [0.4, 0.5) is 5.82 Å². The van der Waals surface area contributed by atoms with E-state index in [-0.39, 0.29) is 5.54 Å². The summed E-state index contributed by atoms with van der Waals surface area (Å²) in [5, 5.41) is 12.7. The molecule has 0 amide bonds. The highest BCUT2D eigenvalue weighted by atomic mass is 16.5. The number of H-pyrrole nitrogens is 1. The summed E-state index contributed by atoms with van der Waals surface area (Å²) in [6, 6.07) is 9.90. The molecule has 0 aliphatic rings. The Morgan fingerprint density at radius 1 is 1.26 bits per heavy atom. The van der Waals surface area contributed by atoms with E-state index in [1.807, 2.05) is 28.7 Å². The Labute approximate surface area is 134 Å². The molecule has 0 unspecified atom stereocenters. The van der Waals surface area contributed by atoms with E-state index in [9.17, 15) is 5.26 Å². The van der Waals surface area contributed by atoms with Crippen molar-refractivity contribution in [3.8, 4) is 23.1 Å². The van der Waals surface area contributed by atoms with Crippen LogP contribution < -0.4 is 10.1 Å². The summed E-state index contributed by atoms with van der Waals surface area (Å²) in [4.78, 5) is 7.45. The van der Waals surface area contributed by atoms with Crippen molar-refractivity contribution in [1.82, 2.24) is 14.4 Å². The fourth-order valence-corrected chi connectivity index (χ4v) is 2.46. The number of fused-ring (bicyclic) bond motifs is 1. The predicted octanol–water partition coefficient (Wildman–Crippen LogP) is 3.42. The summed E-state index contributed by atoms with van der Waals surface area (Å²) in [5.41, 5.74) is 2.85. The maximum absolute atomic E-state index is 9.21. The molecule has 0 aliphatic heterocycles. The third-order valence-electron chi connectivity index (χ3n) is 3.47. The number of aromatic amines is 1. The number of hydrogen-bond acceptors (Lipinski definition) is 4. The van der Waals surface area contributed by atoms with Gasteiger partial charge in [-0.3, -0.25) is 4.40 Å². The fourth-order valence-electron chi connectivity index (χ4n) is 2.46. The van der Waals surface area contributed by atoms with Crippen LogP contribution in [0.15, 0.2) is 30.6 Å². The van der Waals surface area contributed by atoms with E-state index in [0.717, 1.165) is 22.8 Å². The van der Waals surface area contributed by atoms with Gasteiger partial charge in [-0.05, 0) is 45.0 Å². The second-order valence-electron chi connectivity index (χ2n) is 6.38. The molecule has 2 aromatic heterocycles. The van der Waals surface area contributed by atoms with E-state index in [0.29, 0.717) is 11.3 Å². The molecule has 2 N–H and O–H groups in total. The Bertz CT molecular complexity index is 875. The molecule has 0 spiro atoms. The molecule has 6 heteroatoms. The summed E-state index contributed by atoms with van der Waals surface area (Å²) in [6.45, 7) is 6.27. The highest BCUT2D eigenvalue weighted by molar-refractivity contribution is 5.78. The Balaban J connectivity index is 2.19. The predicted molar refractivity (Wildman–Crippen MR) is 89.6 cm³/mol. The van der Waals surface area contributed by atoms with Crippen LogP contribution in [0.2, 0.25) is 0 Å². The van der Waals surface area contributed by atoms with Crippen molar-refractivity contribution in [3.05, 3.63) is 36.3 Å². The molecule has 6 nitrogen and oxygen atoms in total. The van der Waals surface area contributed by atoms with Gasteiger partial charge in [0.25, 0.3) is 0 Å². The number of anilines is 1. The monoisotopic (exact) mass is 309 g/mol. The van der Waals surface area contributed by atoms with Crippen LogP contribution in [0.1, 0.15) is 26.5 Å². The lowest BCUT2D eigenvalue weighted by Gasteiger charge is -2.22. The van der Waals surface area contributed by atoms with Crippen LogP contribution in [0.25, 0.3) is 16.9 Å². The summed E-state index contributed by atoms with van der Waals surface area (Å²) >= 11 is 0. The summed E-state index contributed by atoms with van der Waals surface area (Å²) in [7, 11) is 1.64. The number of methoxy groups -OCH3 is 1. The number of ether oxygens (including phenoxy) is 1. The van der Waals surface area contributed by atoms with E-state index in [1.54, 1.807) is 13.4 Å². The van der Waals surface area contributed by atoms with E-state index in [1.165, 1.54) is 0 Å². The van der Waals surface area contributed by atoms with Crippen LogP contribution in [-0.4, -0.2) is 27.0 Å². The SMILES string of the molecule is COc1ccc(-c2[nH]c3c(C#N)ncn3c2NC(C)(C)C)cc1. The number of nitrogens with zero attached hydrogens (tertiary/aromatic N) is 3. The first kappa shape index (κ1) is 15.0. The van der Waals surface area contributed by atoms with Crippen molar-refractivity contribution in [2.24, 2.45) is 0 Å². The van der Waals surface area contributed by atoms with Gasteiger partial charge in [-0.15, -0.1) is 0 Å². The average molecular weight is 309 g/mol. The molecule has 3 rings (SSSR count). The smallest absolute Gasteiger partial charge is 0.183 e. The van der Waals surface area contributed by atoms with Gasteiger partial charge in [-0.2, -0.15) is 5.26 Å². The number of benzene rings is 1. The third kappa shape index (κ3) is 2.73. The summed E-state index contributed by atoms with van der Waals surface area (Å²) < 4.78 is 7.09. The van der Waals surface area contributed by atoms with Crippen LogP contribution in [0.5, 0.6) is 5.75 Å². The zero-order chi connectivity index (χ0) is 16.6. The summed E-state index contributed by atoms with van der Waals surface area (Å²) in [6.07, 6.45) is 1.66. The van der Waals surface area contributed by atoms with Crippen molar-refractivity contribution in [2.45, 2.75) is 26.3 Å². The lowest BCUT2D eigenvalue weighted by Crippen LogP contribution is -2.27. The third-order valence-corrected chi connectivity index (χ3v) is 3.47. The molecular weight excluding hydrogens is 290 g/mol. The molecule has 118 valence electrons. The number of hydrogen-bond donors (Lipinski definition) is 2. The van der Waals surface area contributed by atoms with E-state index in [4.69, 9.17) is 4.74 Å². The molecular formula is C17H19N5O. The van der Waals surface area contributed by atoms with Gasteiger partial charge in [0.1, 0.15) is 24.0 Å². The van der Waals surface area contributed by atoms with Crippen LogP contribution in [0.3, 0.4) is 0 Å². The maximum Gasteiger partial charge on any atom is 0.183 e. The molecule has 2 heterocycles. The zero-order valence-corrected chi connectivity index (χ0v) is 13.6. The molecule has 0 aliphatic carbocycles. The molecule has 0 radical (unpaired) electrons. The van der Waals surface area contributed by atoms with Gasteiger partial charge in [-0.25, -0.2) is 4.98 Å². The molecule has 0 fully saturated rings. The first-order valence-electron chi connectivity index (χ1n) is 7.34. The van der Waals surface area contributed by atoms with E-state index in [2.05, 4.69) is 42.1 Å². The van der Waals surface area contributed by atoms with E-state index < -0.39 is 0 Å². The van der Waals surface area contributed by atoms with E-state index >= 15 is 0 Å². The lowest BCUT2D eigenvalue weighted by molar-refractivity contribution is 0.415. The minimum Gasteiger partial charge on any atom is -0.497 e. The number of aromatic nitrogens is 3. The van der Waals surface area contributed by atoms with Crippen LogP contribution >= 0.6 is 0 Å². The van der Waals surface area contributed by atoms with Crippen LogP contribution in [-0.2, 0) is 0 Å². The van der Waals surface area contributed by atoms with Gasteiger partial charge < -0.3 is 15.0 Å². The van der Waals surface area contributed by atoms with Crippen molar-refractivity contribution in [1.29, 1.82) is 5.26 Å². The Morgan fingerprint density at radius 3 is 2.52 bits per heavy atom. The van der Waals surface area contributed by atoms with Gasteiger partial charge in [0.2, 0.25) is 0 Å². The summed E-state index contributed by atoms with van der Waals surface area (Å²) in [5.74, 6) is 1.68. The Kier molecular flexibility index (Phi) is 3.49. The second kappa shape index (κ2) is 5.36. The second-order valence-corrected chi connectivity index (χ2v) is 6.38. The number of nitriles is 1. The number of rotatable bonds is 3. The van der Waals surface area contributed by atoms with Gasteiger partial charge in [-0.1, -0.05) is 0 Å². The molecule has 3 aromatic rings. The first-order chi connectivity index (χ1) is 10.9. The van der Waals surface area contributed by atoms with Gasteiger partial charge in [0.05, 0.1) is 12.8 Å². The molecule has 0 atom stereocenters. The lowest BCUT2D eigenvalue weighted by atomic mass is 10.1. The van der Waals surface area contributed by atoms with Crippen molar-refractivity contribution >= 4 is 11.5 Å². The topological polar surface area (TPSA) is 78.1 Å². The molecule has 0 saturated carbocycles. The standard InChI is InChI=1S/C17H19N5O/c1-17(2,3)21-16-14(11-5-7-12(23-4)8-6-11)20-15-13(9-18)19-10-22(15)16/h5-8,10,20-21H,1-4H3. The van der Waals surface area contributed by atoms with Gasteiger partial charge >= 0.3 is 0 Å². The van der Waals surface area contributed by atoms with Crippen LogP contribution in [0, 0.1) is 11.3 Å². The molecule has 23 heavy (non-hydrogen) atoms. The Hall–Kier alpha value is -2.94. The average Bonchev–Trinajstić information content (AvgIpc) is 3.06. The normalized spacial score (nSPS) is 11.4. The maximum atomic E-state index is 9.21. The van der Waals surface area contributed by atoms with Gasteiger partial charge in [0.15, 0.2) is 11.3 Å². The molecule has 0 saturated heterocycles. The minimum atomic E-state index is -0.132. The molecule has 0 bridgehead atoms. The highest BCUT2D eigenvalue weighted by Gasteiger charge is 2.20. The highest BCUT2D eigenvalue weighted by Crippen LogP contribution is 2.32. The van der Waals surface area contributed by atoms with Crippen molar-refractivity contribution < 1.29 is 4.74 Å². The fraction of sp³-hybridized carbons (Fsp3) is 0.294. The number of nitrogens with one attached hydrogen (secondary N) is 2. The quantitative estimate of drug-likeness (QED) is 0.777. The molecule has 1 aromatic carbocycles. The zero-order valence-electron chi connectivity index (χ0n) is 13.6. The first-order valence-corrected chi connectivity index (χ1v) is 7.34. The van der Waals surface area contributed by atoms with Crippen molar-refractivity contribution in [2.75, 3.05) is 12.4 Å². The largest absolute Gasteiger partial charge is 0.497 e. The number of imidazole rings is 2. The Morgan fingerprint density at radius 2 is 1.96 bits per heavy atom.